The van der Waals surface area contributed by atoms with Crippen molar-refractivity contribution in [2.24, 2.45) is 0 Å². The third-order valence-electron chi connectivity index (χ3n) is 3.21. The van der Waals surface area contributed by atoms with E-state index in [9.17, 15) is 10.2 Å². The molecule has 0 bridgehead atoms. The highest BCUT2D eigenvalue weighted by Crippen LogP contribution is 2.30. The van der Waals surface area contributed by atoms with Gasteiger partial charge in [-0.1, -0.05) is 54.1 Å². The first-order valence-electron chi connectivity index (χ1n) is 6.97. The Labute approximate surface area is 125 Å². The number of allylic oxidation sites excluding steroid dienone is 2. The summed E-state index contributed by atoms with van der Waals surface area (Å²) in [7, 11) is 0. The lowest BCUT2D eigenvalue weighted by molar-refractivity contribution is 0.440. The molecule has 0 aromatic heterocycles. The molecule has 0 aliphatic rings. The highest BCUT2D eigenvalue weighted by molar-refractivity contribution is 5.71. The minimum atomic E-state index is 0.125. The topological polar surface area (TPSA) is 40.5 Å². The van der Waals surface area contributed by atoms with Crippen LogP contribution in [0.2, 0.25) is 0 Å². The maximum Gasteiger partial charge on any atom is 0.123 e. The number of rotatable bonds is 4. The monoisotopic (exact) mass is 280 g/mol. The van der Waals surface area contributed by atoms with E-state index in [2.05, 4.69) is 0 Å². The van der Waals surface area contributed by atoms with Crippen LogP contribution in [0.3, 0.4) is 0 Å². The molecular weight excluding hydrogens is 260 g/mol. The van der Waals surface area contributed by atoms with Crippen LogP contribution >= 0.6 is 0 Å². The highest BCUT2D eigenvalue weighted by atomic mass is 16.3. The molecule has 2 rings (SSSR count). The van der Waals surface area contributed by atoms with Crippen molar-refractivity contribution in [2.45, 2.75) is 20.3 Å². The fourth-order valence-electron chi connectivity index (χ4n) is 2.03. The zero-order valence-corrected chi connectivity index (χ0v) is 12.4. The van der Waals surface area contributed by atoms with Gasteiger partial charge in [-0.25, -0.2) is 0 Å². The van der Waals surface area contributed by atoms with Crippen LogP contribution in [0.5, 0.6) is 11.5 Å². The van der Waals surface area contributed by atoms with Crippen molar-refractivity contribution in [3.05, 3.63) is 70.8 Å². The van der Waals surface area contributed by atoms with E-state index in [1.807, 2.05) is 62.4 Å². The van der Waals surface area contributed by atoms with E-state index in [-0.39, 0.29) is 11.5 Å². The lowest BCUT2D eigenvalue weighted by atomic mass is 10.0. The second kappa shape index (κ2) is 6.80. The molecule has 0 aliphatic carbocycles. The van der Waals surface area contributed by atoms with Gasteiger partial charge < -0.3 is 10.2 Å². The summed E-state index contributed by atoms with van der Waals surface area (Å²) in [6.07, 6.45) is 6.33. The Morgan fingerprint density at radius 1 is 0.905 bits per heavy atom. The van der Waals surface area contributed by atoms with E-state index in [1.165, 1.54) is 0 Å². The zero-order chi connectivity index (χ0) is 15.2. The minimum Gasteiger partial charge on any atom is -0.507 e. The molecule has 21 heavy (non-hydrogen) atoms. The van der Waals surface area contributed by atoms with Crippen LogP contribution < -0.4 is 0 Å². The third-order valence-corrected chi connectivity index (χ3v) is 3.21. The van der Waals surface area contributed by atoms with Gasteiger partial charge in [-0.3, -0.25) is 0 Å². The van der Waals surface area contributed by atoms with Crippen LogP contribution in [-0.2, 0) is 6.42 Å². The van der Waals surface area contributed by atoms with Crippen LogP contribution in [0.25, 0.3) is 12.2 Å². The van der Waals surface area contributed by atoms with Crippen molar-refractivity contribution >= 4 is 12.2 Å². The van der Waals surface area contributed by atoms with Gasteiger partial charge >= 0.3 is 0 Å². The molecule has 2 N–H and O–H groups in total. The minimum absolute atomic E-state index is 0.125. The maximum absolute atomic E-state index is 10.1. The van der Waals surface area contributed by atoms with Gasteiger partial charge in [-0.2, -0.15) is 0 Å². The Balaban J connectivity index is 2.23. The van der Waals surface area contributed by atoms with Crippen LogP contribution in [0, 0.1) is 0 Å². The van der Waals surface area contributed by atoms with E-state index >= 15 is 0 Å². The van der Waals surface area contributed by atoms with E-state index in [0.717, 1.165) is 16.7 Å². The first kappa shape index (κ1) is 14.9. The zero-order valence-electron chi connectivity index (χ0n) is 12.4. The van der Waals surface area contributed by atoms with Gasteiger partial charge in [0.1, 0.15) is 11.5 Å². The lowest BCUT2D eigenvalue weighted by Crippen LogP contribution is -1.87. The average molecular weight is 280 g/mol. The number of phenolic OH excluding ortho intramolecular Hbond substituents is 2. The Morgan fingerprint density at radius 2 is 1.48 bits per heavy atom. The van der Waals surface area contributed by atoms with Crippen molar-refractivity contribution in [3.63, 3.8) is 0 Å². The second-order valence-electron chi connectivity index (χ2n) is 5.27. The molecule has 0 aliphatic heterocycles. The summed E-state index contributed by atoms with van der Waals surface area (Å²) in [5.74, 6) is 0.250. The standard InChI is InChI=1S/C19H20O2/c1-14(2)8-11-17-18(20)12-16(13-19(17)21)10-9-15-6-4-3-5-7-15/h3-10,12-13,20-21H,11H2,1-2H3/b10-9+. The molecule has 0 heterocycles. The van der Waals surface area contributed by atoms with Gasteiger partial charge in [0.2, 0.25) is 0 Å². The smallest absolute Gasteiger partial charge is 0.123 e. The molecule has 0 atom stereocenters. The van der Waals surface area contributed by atoms with Gasteiger partial charge in [0.25, 0.3) is 0 Å². The van der Waals surface area contributed by atoms with E-state index in [0.29, 0.717) is 12.0 Å². The van der Waals surface area contributed by atoms with Crippen LogP contribution in [0.4, 0.5) is 0 Å². The molecule has 0 saturated heterocycles. The molecule has 0 unspecified atom stereocenters. The Hall–Kier alpha value is -2.48. The Morgan fingerprint density at radius 3 is 2.05 bits per heavy atom. The molecule has 0 spiro atoms. The number of aromatic hydroxyl groups is 2. The number of hydrogen-bond donors (Lipinski definition) is 2. The van der Waals surface area contributed by atoms with Crippen molar-refractivity contribution in [1.29, 1.82) is 0 Å². The Bertz CT molecular complexity index is 640. The van der Waals surface area contributed by atoms with Gasteiger partial charge in [0.05, 0.1) is 0 Å². The predicted molar refractivity (Wildman–Crippen MR) is 88.3 cm³/mol. The van der Waals surface area contributed by atoms with E-state index < -0.39 is 0 Å². The van der Waals surface area contributed by atoms with Gasteiger partial charge in [0, 0.05) is 5.56 Å². The summed E-state index contributed by atoms with van der Waals surface area (Å²) in [6, 6.07) is 13.3. The van der Waals surface area contributed by atoms with Gasteiger partial charge in [-0.15, -0.1) is 0 Å². The molecule has 2 aromatic rings. The van der Waals surface area contributed by atoms with Crippen molar-refractivity contribution in [3.8, 4) is 11.5 Å². The predicted octanol–water partition coefficient (Wildman–Crippen LogP) is 4.78. The van der Waals surface area contributed by atoms with Crippen molar-refractivity contribution in [2.75, 3.05) is 0 Å². The van der Waals surface area contributed by atoms with Crippen LogP contribution in [-0.4, -0.2) is 10.2 Å². The molecule has 2 heteroatoms. The number of hydrogen-bond acceptors (Lipinski definition) is 2. The summed E-state index contributed by atoms with van der Waals surface area (Å²) < 4.78 is 0. The lowest BCUT2D eigenvalue weighted by Gasteiger charge is -2.07. The number of phenols is 2. The summed E-state index contributed by atoms with van der Waals surface area (Å²) in [4.78, 5) is 0. The van der Waals surface area contributed by atoms with Crippen molar-refractivity contribution < 1.29 is 10.2 Å². The third kappa shape index (κ3) is 4.25. The quantitative estimate of drug-likeness (QED) is 0.625. The summed E-state index contributed by atoms with van der Waals surface area (Å²) >= 11 is 0. The molecule has 0 radical (unpaired) electrons. The molecule has 0 saturated carbocycles. The van der Waals surface area contributed by atoms with Crippen molar-refractivity contribution in [1.82, 2.24) is 0 Å². The average Bonchev–Trinajstić information content (AvgIpc) is 2.45. The van der Waals surface area contributed by atoms with Crippen LogP contribution in [0.15, 0.2) is 54.1 Å². The number of benzene rings is 2. The molecule has 2 aromatic carbocycles. The molecular formula is C19H20O2. The Kier molecular flexibility index (Phi) is 4.83. The SMILES string of the molecule is CC(C)=CCc1c(O)cc(/C=C/c2ccccc2)cc1O. The molecule has 108 valence electrons. The largest absolute Gasteiger partial charge is 0.507 e. The first-order valence-corrected chi connectivity index (χ1v) is 6.97. The highest BCUT2D eigenvalue weighted by Gasteiger charge is 2.07. The molecule has 0 fully saturated rings. The summed E-state index contributed by atoms with van der Waals surface area (Å²) in [5, 5.41) is 20.1. The first-order chi connectivity index (χ1) is 10.1. The van der Waals surface area contributed by atoms with E-state index in [1.54, 1.807) is 12.1 Å². The second-order valence-corrected chi connectivity index (χ2v) is 5.27. The van der Waals surface area contributed by atoms with Gasteiger partial charge in [0.15, 0.2) is 0 Å². The van der Waals surface area contributed by atoms with Crippen LogP contribution in [0.1, 0.15) is 30.5 Å². The van der Waals surface area contributed by atoms with Gasteiger partial charge in [-0.05, 0) is 43.5 Å². The molecule has 0 amide bonds. The fraction of sp³-hybridized carbons (Fsp3) is 0.158. The summed E-state index contributed by atoms with van der Waals surface area (Å²) in [5.41, 5.74) is 3.56. The molecule has 2 nitrogen and oxygen atoms in total. The van der Waals surface area contributed by atoms with E-state index in [4.69, 9.17) is 0 Å². The normalized spacial score (nSPS) is 10.8. The summed E-state index contributed by atoms with van der Waals surface area (Å²) in [6.45, 7) is 3.98. The maximum atomic E-state index is 10.1. The fourth-order valence-corrected chi connectivity index (χ4v) is 2.03.